The second-order valence-electron chi connectivity index (χ2n) is 4.49. The van der Waals surface area contributed by atoms with Gasteiger partial charge in [0.2, 0.25) is 0 Å². The van der Waals surface area contributed by atoms with Gasteiger partial charge in [-0.25, -0.2) is 0 Å². The quantitative estimate of drug-likeness (QED) is 0.737. The SMILES string of the molecule is CCCNc1ccc(C)cc1C(=O)NCc1nn[nH]n1. The van der Waals surface area contributed by atoms with Crippen molar-refractivity contribution in [2.45, 2.75) is 26.8 Å². The minimum Gasteiger partial charge on any atom is -0.384 e. The fourth-order valence-electron chi connectivity index (χ4n) is 1.77. The van der Waals surface area contributed by atoms with E-state index in [1.807, 2.05) is 25.1 Å². The summed E-state index contributed by atoms with van der Waals surface area (Å²) in [6.07, 6.45) is 0.998. The van der Waals surface area contributed by atoms with E-state index in [2.05, 4.69) is 38.2 Å². The summed E-state index contributed by atoms with van der Waals surface area (Å²) in [5.41, 5.74) is 2.50. The van der Waals surface area contributed by atoms with E-state index >= 15 is 0 Å². The van der Waals surface area contributed by atoms with Crippen LogP contribution in [0.4, 0.5) is 5.69 Å². The molecule has 1 amide bonds. The predicted octanol–water partition coefficient (Wildman–Crippen LogP) is 1.26. The predicted molar refractivity (Wildman–Crippen MR) is 75.3 cm³/mol. The van der Waals surface area contributed by atoms with Gasteiger partial charge in [0.15, 0.2) is 5.82 Å². The van der Waals surface area contributed by atoms with Crippen molar-refractivity contribution < 1.29 is 4.79 Å². The highest BCUT2D eigenvalue weighted by molar-refractivity contribution is 5.99. The van der Waals surface area contributed by atoms with Crippen molar-refractivity contribution in [1.29, 1.82) is 0 Å². The Labute approximate surface area is 117 Å². The average Bonchev–Trinajstić information content (AvgIpc) is 2.96. The second kappa shape index (κ2) is 6.65. The highest BCUT2D eigenvalue weighted by atomic mass is 16.1. The van der Waals surface area contributed by atoms with Gasteiger partial charge in [-0.15, -0.1) is 10.2 Å². The van der Waals surface area contributed by atoms with Crippen LogP contribution in [0.1, 0.15) is 35.1 Å². The summed E-state index contributed by atoms with van der Waals surface area (Å²) in [4.78, 5) is 12.2. The number of aromatic amines is 1. The number of tetrazole rings is 1. The van der Waals surface area contributed by atoms with E-state index in [0.29, 0.717) is 11.4 Å². The Kier molecular flexibility index (Phi) is 4.65. The van der Waals surface area contributed by atoms with Crippen molar-refractivity contribution >= 4 is 11.6 Å². The summed E-state index contributed by atoms with van der Waals surface area (Å²) < 4.78 is 0. The topological polar surface area (TPSA) is 95.6 Å². The lowest BCUT2D eigenvalue weighted by molar-refractivity contribution is 0.0950. The van der Waals surface area contributed by atoms with Crippen LogP contribution >= 0.6 is 0 Å². The van der Waals surface area contributed by atoms with Gasteiger partial charge in [0.1, 0.15) is 0 Å². The third-order valence-corrected chi connectivity index (χ3v) is 2.78. The van der Waals surface area contributed by atoms with Gasteiger partial charge in [0, 0.05) is 12.2 Å². The smallest absolute Gasteiger partial charge is 0.253 e. The van der Waals surface area contributed by atoms with E-state index in [1.54, 1.807) is 0 Å². The molecule has 1 aromatic heterocycles. The molecule has 7 heteroatoms. The lowest BCUT2D eigenvalue weighted by Crippen LogP contribution is -2.24. The number of rotatable bonds is 6. The molecule has 0 atom stereocenters. The Bertz CT molecular complexity index is 566. The number of anilines is 1. The molecule has 0 saturated heterocycles. The first kappa shape index (κ1) is 14.0. The number of benzene rings is 1. The maximum atomic E-state index is 12.2. The maximum Gasteiger partial charge on any atom is 0.253 e. The van der Waals surface area contributed by atoms with E-state index < -0.39 is 0 Å². The van der Waals surface area contributed by atoms with Crippen LogP contribution in [0.2, 0.25) is 0 Å². The van der Waals surface area contributed by atoms with Crippen LogP contribution in [0, 0.1) is 6.92 Å². The van der Waals surface area contributed by atoms with Crippen molar-refractivity contribution in [3.63, 3.8) is 0 Å². The largest absolute Gasteiger partial charge is 0.384 e. The molecule has 7 nitrogen and oxygen atoms in total. The van der Waals surface area contributed by atoms with Crippen molar-refractivity contribution in [3.8, 4) is 0 Å². The summed E-state index contributed by atoms with van der Waals surface area (Å²) in [6, 6.07) is 5.77. The fourth-order valence-corrected chi connectivity index (χ4v) is 1.77. The molecule has 0 aliphatic carbocycles. The Morgan fingerprint density at radius 1 is 1.40 bits per heavy atom. The minimum absolute atomic E-state index is 0.155. The van der Waals surface area contributed by atoms with Crippen molar-refractivity contribution in [2.75, 3.05) is 11.9 Å². The number of amides is 1. The van der Waals surface area contributed by atoms with Gasteiger partial charge in [-0.05, 0) is 25.5 Å². The number of nitrogens with one attached hydrogen (secondary N) is 3. The molecule has 1 heterocycles. The highest BCUT2D eigenvalue weighted by Crippen LogP contribution is 2.17. The third-order valence-electron chi connectivity index (χ3n) is 2.78. The Balaban J connectivity index is 2.08. The first-order chi connectivity index (χ1) is 9.70. The lowest BCUT2D eigenvalue weighted by atomic mass is 10.1. The molecule has 1 aromatic carbocycles. The summed E-state index contributed by atoms with van der Waals surface area (Å²) in [7, 11) is 0. The number of nitrogens with zero attached hydrogens (tertiary/aromatic N) is 3. The number of aryl methyl sites for hydroxylation is 1. The van der Waals surface area contributed by atoms with Gasteiger partial charge in [-0.2, -0.15) is 5.21 Å². The van der Waals surface area contributed by atoms with Crippen LogP contribution in [0.25, 0.3) is 0 Å². The van der Waals surface area contributed by atoms with E-state index in [-0.39, 0.29) is 12.5 Å². The monoisotopic (exact) mass is 274 g/mol. The van der Waals surface area contributed by atoms with Crippen LogP contribution in [-0.4, -0.2) is 33.1 Å². The van der Waals surface area contributed by atoms with E-state index in [0.717, 1.165) is 24.2 Å². The molecule has 2 rings (SSSR count). The van der Waals surface area contributed by atoms with E-state index in [9.17, 15) is 4.79 Å². The molecule has 0 unspecified atom stereocenters. The highest BCUT2D eigenvalue weighted by Gasteiger charge is 2.12. The van der Waals surface area contributed by atoms with Gasteiger partial charge in [0.05, 0.1) is 12.1 Å². The zero-order valence-corrected chi connectivity index (χ0v) is 11.6. The van der Waals surface area contributed by atoms with Crippen molar-refractivity contribution in [2.24, 2.45) is 0 Å². The molecular weight excluding hydrogens is 256 g/mol. The standard InChI is InChI=1S/C13H18N6O/c1-3-6-14-11-5-4-9(2)7-10(11)13(20)15-8-12-16-18-19-17-12/h4-5,7,14H,3,6,8H2,1-2H3,(H,15,20)(H,16,17,18,19). The zero-order chi connectivity index (χ0) is 14.4. The number of hydrogen-bond donors (Lipinski definition) is 3. The molecule has 0 saturated carbocycles. The summed E-state index contributed by atoms with van der Waals surface area (Å²) in [6.45, 7) is 5.11. The third kappa shape index (κ3) is 3.53. The molecule has 0 spiro atoms. The second-order valence-corrected chi connectivity index (χ2v) is 4.49. The molecule has 106 valence electrons. The maximum absolute atomic E-state index is 12.2. The zero-order valence-electron chi connectivity index (χ0n) is 11.6. The van der Waals surface area contributed by atoms with E-state index in [1.165, 1.54) is 0 Å². The van der Waals surface area contributed by atoms with Gasteiger partial charge in [0.25, 0.3) is 5.91 Å². The van der Waals surface area contributed by atoms with Crippen LogP contribution in [0.5, 0.6) is 0 Å². The van der Waals surface area contributed by atoms with Gasteiger partial charge in [-0.1, -0.05) is 23.8 Å². The van der Waals surface area contributed by atoms with Crippen LogP contribution < -0.4 is 10.6 Å². The molecule has 0 fully saturated rings. The number of hydrogen-bond acceptors (Lipinski definition) is 5. The number of aromatic nitrogens is 4. The Morgan fingerprint density at radius 3 is 2.95 bits per heavy atom. The van der Waals surface area contributed by atoms with E-state index in [4.69, 9.17) is 0 Å². The Morgan fingerprint density at radius 2 is 2.25 bits per heavy atom. The lowest BCUT2D eigenvalue weighted by Gasteiger charge is -2.12. The van der Waals surface area contributed by atoms with Crippen LogP contribution in [0.3, 0.4) is 0 Å². The molecule has 0 bridgehead atoms. The molecule has 0 aliphatic heterocycles. The summed E-state index contributed by atoms with van der Waals surface area (Å²) in [5.74, 6) is 0.297. The normalized spacial score (nSPS) is 10.3. The number of H-pyrrole nitrogens is 1. The summed E-state index contributed by atoms with van der Waals surface area (Å²) in [5, 5.41) is 19.4. The average molecular weight is 274 g/mol. The molecular formula is C13H18N6O. The van der Waals surface area contributed by atoms with Crippen LogP contribution in [0.15, 0.2) is 18.2 Å². The van der Waals surface area contributed by atoms with Gasteiger partial charge >= 0.3 is 0 Å². The molecule has 0 radical (unpaired) electrons. The van der Waals surface area contributed by atoms with Crippen molar-refractivity contribution in [3.05, 3.63) is 35.2 Å². The Hall–Kier alpha value is -2.44. The number of carbonyl (C=O) groups excluding carboxylic acids is 1. The molecule has 20 heavy (non-hydrogen) atoms. The summed E-state index contributed by atoms with van der Waals surface area (Å²) >= 11 is 0. The molecule has 0 aliphatic rings. The first-order valence-corrected chi connectivity index (χ1v) is 6.55. The van der Waals surface area contributed by atoms with Gasteiger partial charge < -0.3 is 10.6 Å². The van der Waals surface area contributed by atoms with Gasteiger partial charge in [-0.3, -0.25) is 4.79 Å². The van der Waals surface area contributed by atoms with Crippen molar-refractivity contribution in [1.82, 2.24) is 25.9 Å². The molecule has 2 aromatic rings. The minimum atomic E-state index is -0.155. The first-order valence-electron chi connectivity index (χ1n) is 6.55. The molecule has 3 N–H and O–H groups in total. The number of carbonyl (C=O) groups is 1. The van der Waals surface area contributed by atoms with Crippen LogP contribution in [-0.2, 0) is 6.54 Å². The fraction of sp³-hybridized carbons (Fsp3) is 0.385.